The predicted molar refractivity (Wildman–Crippen MR) is 101 cm³/mol. The second-order valence-electron chi connectivity index (χ2n) is 5.38. The normalized spacial score (nSPS) is 15.6. The van der Waals surface area contributed by atoms with Crippen molar-refractivity contribution in [3.8, 4) is 0 Å². The first-order valence-corrected chi connectivity index (χ1v) is 8.44. The number of benzene rings is 2. The van der Waals surface area contributed by atoms with E-state index >= 15 is 0 Å². The number of nitrogens with zero attached hydrogens (tertiary/aromatic N) is 2. The van der Waals surface area contributed by atoms with Crippen LogP contribution in [0.15, 0.2) is 57.6 Å². The molecule has 1 N–H and O–H groups in total. The molecule has 0 spiro atoms. The van der Waals surface area contributed by atoms with Gasteiger partial charge in [0.2, 0.25) is 0 Å². The van der Waals surface area contributed by atoms with Gasteiger partial charge in [0.1, 0.15) is 0 Å². The molecule has 2 aromatic carbocycles. The fourth-order valence-electron chi connectivity index (χ4n) is 2.39. The van der Waals surface area contributed by atoms with Crippen LogP contribution >= 0.6 is 27.5 Å². The molecule has 0 saturated heterocycles. The van der Waals surface area contributed by atoms with E-state index in [2.05, 4.69) is 21.0 Å². The summed E-state index contributed by atoms with van der Waals surface area (Å²) in [5.74, 6) is -1.48. The Kier molecular flexibility index (Phi) is 4.74. The highest BCUT2D eigenvalue weighted by Gasteiger charge is 2.29. The summed E-state index contributed by atoms with van der Waals surface area (Å²) in [4.78, 5) is 23.9. The average molecular weight is 420 g/mol. The van der Waals surface area contributed by atoms with E-state index in [1.54, 1.807) is 19.1 Å². The summed E-state index contributed by atoms with van der Waals surface area (Å²) in [6.07, 6.45) is 1.75. The number of hydrazone groups is 1. The summed E-state index contributed by atoms with van der Waals surface area (Å²) >= 11 is 9.24. The van der Waals surface area contributed by atoms with Gasteiger partial charge in [0, 0.05) is 4.47 Å². The highest BCUT2D eigenvalue weighted by Crippen LogP contribution is 2.28. The van der Waals surface area contributed by atoms with Crippen molar-refractivity contribution in [3.63, 3.8) is 0 Å². The summed E-state index contributed by atoms with van der Waals surface area (Å²) in [6, 6.07) is 11.9. The van der Waals surface area contributed by atoms with Gasteiger partial charge in [-0.2, -0.15) is 10.1 Å². The zero-order chi connectivity index (χ0) is 18.1. The number of amides is 1. The number of carboxylic acid groups (broad SMARTS) is 1. The monoisotopic (exact) mass is 418 g/mol. The van der Waals surface area contributed by atoms with Gasteiger partial charge in [-0.3, -0.25) is 4.79 Å². The van der Waals surface area contributed by atoms with Gasteiger partial charge >= 0.3 is 5.97 Å². The Labute approximate surface area is 157 Å². The number of carbonyl (C=O) groups excluding carboxylic acids is 1. The third-order valence-electron chi connectivity index (χ3n) is 3.67. The summed E-state index contributed by atoms with van der Waals surface area (Å²) in [6.45, 7) is 1.73. The van der Waals surface area contributed by atoms with E-state index in [0.29, 0.717) is 17.0 Å². The Balaban J connectivity index is 1.96. The summed E-state index contributed by atoms with van der Waals surface area (Å²) in [7, 11) is 0. The smallest absolute Gasteiger partial charge is 0.337 e. The van der Waals surface area contributed by atoms with Crippen molar-refractivity contribution < 1.29 is 14.7 Å². The zero-order valence-corrected chi connectivity index (χ0v) is 15.4. The summed E-state index contributed by atoms with van der Waals surface area (Å²) in [5, 5.41) is 14.7. The van der Waals surface area contributed by atoms with E-state index in [-0.39, 0.29) is 16.5 Å². The van der Waals surface area contributed by atoms with E-state index in [0.717, 1.165) is 10.0 Å². The van der Waals surface area contributed by atoms with Crippen LogP contribution in [0.25, 0.3) is 6.08 Å². The van der Waals surface area contributed by atoms with Crippen molar-refractivity contribution in [1.82, 2.24) is 0 Å². The molecule has 5 nitrogen and oxygen atoms in total. The Bertz CT molecular complexity index is 936. The quantitative estimate of drug-likeness (QED) is 0.739. The molecule has 1 heterocycles. The Morgan fingerprint density at radius 3 is 2.56 bits per heavy atom. The third-order valence-corrected chi connectivity index (χ3v) is 4.53. The number of rotatable bonds is 3. The maximum Gasteiger partial charge on any atom is 0.337 e. The molecule has 0 atom stereocenters. The molecule has 0 aliphatic carbocycles. The molecule has 0 aromatic heterocycles. The van der Waals surface area contributed by atoms with Gasteiger partial charge in [-0.05, 0) is 48.9 Å². The molecular weight excluding hydrogens is 408 g/mol. The lowest BCUT2D eigenvalue weighted by Gasteiger charge is -2.13. The minimum atomic E-state index is -1.16. The lowest BCUT2D eigenvalue weighted by molar-refractivity contribution is -0.114. The molecular formula is C18H12BrClN2O3. The molecule has 1 amide bonds. The van der Waals surface area contributed by atoms with Crippen molar-refractivity contribution >= 4 is 56.9 Å². The van der Waals surface area contributed by atoms with Gasteiger partial charge < -0.3 is 5.11 Å². The number of carboxylic acids is 1. The molecule has 1 aliphatic rings. The van der Waals surface area contributed by atoms with Gasteiger partial charge in [0.25, 0.3) is 5.91 Å². The van der Waals surface area contributed by atoms with Crippen LogP contribution in [-0.4, -0.2) is 22.7 Å². The molecule has 2 aromatic rings. The lowest BCUT2D eigenvalue weighted by Crippen LogP contribution is -2.21. The van der Waals surface area contributed by atoms with Gasteiger partial charge in [-0.25, -0.2) is 4.79 Å². The second-order valence-corrected chi connectivity index (χ2v) is 6.70. The largest absolute Gasteiger partial charge is 0.478 e. The van der Waals surface area contributed by atoms with Crippen LogP contribution in [0, 0.1) is 0 Å². The van der Waals surface area contributed by atoms with Crippen molar-refractivity contribution in [1.29, 1.82) is 0 Å². The first-order valence-electron chi connectivity index (χ1n) is 7.27. The number of hydrogen-bond acceptors (Lipinski definition) is 3. The van der Waals surface area contributed by atoms with Crippen LogP contribution in [0.4, 0.5) is 5.69 Å². The summed E-state index contributed by atoms with van der Waals surface area (Å²) in [5.41, 5.74) is 2.15. The van der Waals surface area contributed by atoms with E-state index in [9.17, 15) is 14.7 Å². The fraction of sp³-hybridized carbons (Fsp3) is 0.0556. The molecule has 0 bridgehead atoms. The van der Waals surface area contributed by atoms with Crippen LogP contribution in [0.1, 0.15) is 22.8 Å². The SMILES string of the molecule is CC1=NN(c2ccc(Cl)c(C(=O)O)c2)C(=O)/C1=C/c1ccc(Br)cc1. The van der Waals surface area contributed by atoms with Crippen LogP contribution in [0.5, 0.6) is 0 Å². The zero-order valence-electron chi connectivity index (χ0n) is 13.0. The third kappa shape index (κ3) is 3.50. The van der Waals surface area contributed by atoms with Gasteiger partial charge in [0.05, 0.1) is 27.6 Å². The highest BCUT2D eigenvalue weighted by molar-refractivity contribution is 9.10. The average Bonchev–Trinajstić information content (AvgIpc) is 2.85. The predicted octanol–water partition coefficient (Wildman–Crippen LogP) is 4.61. The fourth-order valence-corrected chi connectivity index (χ4v) is 2.86. The maximum absolute atomic E-state index is 12.7. The summed E-state index contributed by atoms with van der Waals surface area (Å²) < 4.78 is 0.946. The van der Waals surface area contributed by atoms with E-state index in [1.807, 2.05) is 24.3 Å². The molecule has 7 heteroatoms. The van der Waals surface area contributed by atoms with Crippen molar-refractivity contribution in [2.75, 3.05) is 5.01 Å². The van der Waals surface area contributed by atoms with Crippen LogP contribution in [0.3, 0.4) is 0 Å². The molecule has 3 rings (SSSR count). The molecule has 0 unspecified atom stereocenters. The van der Waals surface area contributed by atoms with Crippen molar-refractivity contribution in [2.45, 2.75) is 6.92 Å². The number of aromatic carboxylic acids is 1. The number of carbonyl (C=O) groups is 2. The van der Waals surface area contributed by atoms with E-state index in [4.69, 9.17) is 11.6 Å². The molecule has 0 saturated carbocycles. The van der Waals surface area contributed by atoms with Gasteiger partial charge in [0.15, 0.2) is 0 Å². The van der Waals surface area contributed by atoms with E-state index < -0.39 is 5.97 Å². The molecule has 25 heavy (non-hydrogen) atoms. The highest BCUT2D eigenvalue weighted by atomic mass is 79.9. The minimum Gasteiger partial charge on any atom is -0.478 e. The topological polar surface area (TPSA) is 70.0 Å². The van der Waals surface area contributed by atoms with Gasteiger partial charge in [-0.15, -0.1) is 0 Å². The first kappa shape index (κ1) is 17.4. The van der Waals surface area contributed by atoms with Crippen molar-refractivity contribution in [3.05, 3.63) is 68.7 Å². The Morgan fingerprint density at radius 2 is 1.92 bits per heavy atom. The minimum absolute atomic E-state index is 0.0786. The van der Waals surface area contributed by atoms with Crippen LogP contribution < -0.4 is 5.01 Å². The number of halogens is 2. The lowest BCUT2D eigenvalue weighted by atomic mass is 10.1. The molecule has 0 fully saturated rings. The van der Waals surface area contributed by atoms with Crippen molar-refractivity contribution in [2.24, 2.45) is 5.10 Å². The van der Waals surface area contributed by atoms with Crippen LogP contribution in [-0.2, 0) is 4.79 Å². The van der Waals surface area contributed by atoms with Crippen LogP contribution in [0.2, 0.25) is 5.02 Å². The molecule has 126 valence electrons. The number of hydrogen-bond donors (Lipinski definition) is 1. The van der Waals surface area contributed by atoms with E-state index in [1.165, 1.54) is 17.1 Å². The standard InChI is InChI=1S/C18H12BrClN2O3/c1-10-14(8-11-2-4-12(19)5-3-11)17(23)22(21-10)13-6-7-16(20)15(9-13)18(24)25/h2-9H,1H3,(H,24,25)/b14-8+. The van der Waals surface area contributed by atoms with Gasteiger partial charge in [-0.1, -0.05) is 39.7 Å². The Hall–Kier alpha value is -2.44. The second kappa shape index (κ2) is 6.82. The number of anilines is 1. The maximum atomic E-state index is 12.7. The molecule has 0 radical (unpaired) electrons. The Morgan fingerprint density at radius 1 is 1.24 bits per heavy atom. The first-order chi connectivity index (χ1) is 11.9. The molecule has 1 aliphatic heterocycles.